The molecule has 2 heterocycles. The number of rotatable bonds is 5. The van der Waals surface area contributed by atoms with Crippen molar-refractivity contribution in [1.82, 2.24) is 19.7 Å². The van der Waals surface area contributed by atoms with Crippen LogP contribution in [0.15, 0.2) is 55.1 Å². The molecule has 23 heavy (non-hydrogen) atoms. The number of aromatic nitrogens is 4. The third-order valence-corrected chi connectivity index (χ3v) is 3.16. The third kappa shape index (κ3) is 3.70. The van der Waals surface area contributed by atoms with Crippen molar-refractivity contribution in [3.05, 3.63) is 60.7 Å². The summed E-state index contributed by atoms with van der Waals surface area (Å²) in [7, 11) is 1.59. The van der Waals surface area contributed by atoms with Crippen LogP contribution in [0.2, 0.25) is 0 Å². The van der Waals surface area contributed by atoms with Gasteiger partial charge in [-0.05, 0) is 23.8 Å². The van der Waals surface area contributed by atoms with Crippen molar-refractivity contribution < 1.29 is 9.53 Å². The van der Waals surface area contributed by atoms with Crippen LogP contribution in [0, 0.1) is 0 Å². The lowest BCUT2D eigenvalue weighted by atomic mass is 10.1. The van der Waals surface area contributed by atoms with Gasteiger partial charge in [-0.25, -0.2) is 14.6 Å². The molecule has 0 saturated carbocycles. The molecule has 3 aromatic rings. The first-order valence-corrected chi connectivity index (χ1v) is 6.99. The Bertz CT molecular complexity index is 802. The number of hydrogen-bond acceptors (Lipinski definition) is 5. The monoisotopic (exact) mass is 309 g/mol. The summed E-state index contributed by atoms with van der Waals surface area (Å²) in [5, 5.41) is 6.85. The zero-order chi connectivity index (χ0) is 16.1. The molecule has 116 valence electrons. The second-order valence-corrected chi connectivity index (χ2v) is 4.79. The summed E-state index contributed by atoms with van der Waals surface area (Å²) in [6.45, 7) is 0. The van der Waals surface area contributed by atoms with E-state index in [1.807, 2.05) is 24.3 Å². The molecule has 0 aliphatic rings. The predicted molar refractivity (Wildman–Crippen MR) is 84.5 cm³/mol. The normalized spacial score (nSPS) is 10.3. The molecular formula is C16H15N5O2. The van der Waals surface area contributed by atoms with E-state index >= 15 is 0 Å². The van der Waals surface area contributed by atoms with E-state index in [0.717, 1.165) is 11.3 Å². The topological polar surface area (TPSA) is 81.9 Å². The average molecular weight is 309 g/mol. The molecule has 7 heteroatoms. The number of carbonyl (C=O) groups is 1. The number of nitrogens with one attached hydrogen (secondary N) is 1. The molecule has 0 radical (unpaired) electrons. The standard InChI is InChI=1S/C16H15N5O2/c1-23-13-5-2-4-12(8-13)9-16(22)20-14-10-15(18-11-17-14)21-7-3-6-19-21/h2-8,10-11H,9H2,1H3,(H,17,18,20,22). The fourth-order valence-corrected chi connectivity index (χ4v) is 2.10. The average Bonchev–Trinajstić information content (AvgIpc) is 3.09. The largest absolute Gasteiger partial charge is 0.497 e. The Kier molecular flexibility index (Phi) is 4.28. The summed E-state index contributed by atoms with van der Waals surface area (Å²) in [6.07, 6.45) is 5.05. The minimum Gasteiger partial charge on any atom is -0.497 e. The lowest BCUT2D eigenvalue weighted by Crippen LogP contribution is -2.16. The first-order chi connectivity index (χ1) is 11.2. The first-order valence-electron chi connectivity index (χ1n) is 6.99. The molecular weight excluding hydrogens is 294 g/mol. The highest BCUT2D eigenvalue weighted by molar-refractivity contribution is 5.91. The van der Waals surface area contributed by atoms with Crippen LogP contribution in [0.25, 0.3) is 5.82 Å². The van der Waals surface area contributed by atoms with Gasteiger partial charge in [0, 0.05) is 18.5 Å². The van der Waals surface area contributed by atoms with E-state index in [1.165, 1.54) is 6.33 Å². The van der Waals surface area contributed by atoms with Gasteiger partial charge >= 0.3 is 0 Å². The SMILES string of the molecule is COc1cccc(CC(=O)Nc2cc(-n3cccn3)ncn2)c1. The number of benzene rings is 1. The van der Waals surface area contributed by atoms with Gasteiger partial charge in [-0.2, -0.15) is 5.10 Å². The molecule has 1 amide bonds. The molecule has 0 spiro atoms. The van der Waals surface area contributed by atoms with Crippen LogP contribution in [0.4, 0.5) is 5.82 Å². The molecule has 7 nitrogen and oxygen atoms in total. The predicted octanol–water partition coefficient (Wildman–Crippen LogP) is 1.85. The number of nitrogens with zero attached hydrogens (tertiary/aromatic N) is 4. The van der Waals surface area contributed by atoms with Crippen molar-refractivity contribution in [3.8, 4) is 11.6 Å². The highest BCUT2D eigenvalue weighted by atomic mass is 16.5. The van der Waals surface area contributed by atoms with E-state index in [0.29, 0.717) is 11.6 Å². The van der Waals surface area contributed by atoms with Gasteiger partial charge < -0.3 is 10.1 Å². The molecule has 0 atom stereocenters. The fraction of sp³-hybridized carbons (Fsp3) is 0.125. The van der Waals surface area contributed by atoms with Crippen LogP contribution < -0.4 is 10.1 Å². The summed E-state index contributed by atoms with van der Waals surface area (Å²) in [5.74, 6) is 1.57. The first kappa shape index (κ1) is 14.7. The number of anilines is 1. The Balaban J connectivity index is 1.69. The van der Waals surface area contributed by atoms with Crippen molar-refractivity contribution in [2.24, 2.45) is 0 Å². The van der Waals surface area contributed by atoms with Crippen LogP contribution in [-0.2, 0) is 11.2 Å². The molecule has 0 fully saturated rings. The van der Waals surface area contributed by atoms with Gasteiger partial charge in [0.05, 0.1) is 13.5 Å². The Morgan fingerprint density at radius 2 is 2.17 bits per heavy atom. The molecule has 0 aliphatic carbocycles. The van der Waals surface area contributed by atoms with Crippen molar-refractivity contribution in [1.29, 1.82) is 0 Å². The quantitative estimate of drug-likeness (QED) is 0.778. The second kappa shape index (κ2) is 6.69. The van der Waals surface area contributed by atoms with Crippen molar-refractivity contribution in [2.45, 2.75) is 6.42 Å². The minimum atomic E-state index is -0.164. The molecule has 3 rings (SSSR count). The maximum absolute atomic E-state index is 12.1. The summed E-state index contributed by atoms with van der Waals surface area (Å²) in [6, 6.07) is 10.8. The Labute approximate surface area is 133 Å². The maximum Gasteiger partial charge on any atom is 0.229 e. The Morgan fingerprint density at radius 1 is 1.26 bits per heavy atom. The van der Waals surface area contributed by atoms with E-state index in [9.17, 15) is 4.79 Å². The van der Waals surface area contributed by atoms with Crippen molar-refractivity contribution in [3.63, 3.8) is 0 Å². The highest BCUT2D eigenvalue weighted by Gasteiger charge is 2.07. The van der Waals surface area contributed by atoms with Gasteiger partial charge in [-0.3, -0.25) is 4.79 Å². The third-order valence-electron chi connectivity index (χ3n) is 3.16. The molecule has 1 aromatic carbocycles. The summed E-state index contributed by atoms with van der Waals surface area (Å²) in [5.41, 5.74) is 0.864. The Hall–Kier alpha value is -3.22. The van der Waals surface area contributed by atoms with Gasteiger partial charge in [0.1, 0.15) is 17.9 Å². The van der Waals surface area contributed by atoms with Crippen LogP contribution in [-0.4, -0.2) is 32.8 Å². The number of methoxy groups -OCH3 is 1. The molecule has 0 aliphatic heterocycles. The number of amides is 1. The number of hydrogen-bond donors (Lipinski definition) is 1. The van der Waals surface area contributed by atoms with Crippen LogP contribution in [0.5, 0.6) is 5.75 Å². The fourth-order valence-electron chi connectivity index (χ4n) is 2.10. The van der Waals surface area contributed by atoms with Crippen molar-refractivity contribution >= 4 is 11.7 Å². The summed E-state index contributed by atoms with van der Waals surface area (Å²) < 4.78 is 6.75. The van der Waals surface area contributed by atoms with Gasteiger partial charge in [-0.15, -0.1) is 0 Å². The molecule has 2 aromatic heterocycles. The van der Waals surface area contributed by atoms with Gasteiger partial charge in [0.2, 0.25) is 5.91 Å². The molecule has 0 saturated heterocycles. The van der Waals surface area contributed by atoms with Gasteiger partial charge in [0.15, 0.2) is 5.82 Å². The van der Waals surface area contributed by atoms with Crippen molar-refractivity contribution in [2.75, 3.05) is 12.4 Å². The maximum atomic E-state index is 12.1. The van der Waals surface area contributed by atoms with Crippen LogP contribution in [0.1, 0.15) is 5.56 Å². The van der Waals surface area contributed by atoms with Crippen LogP contribution >= 0.6 is 0 Å². The zero-order valence-electron chi connectivity index (χ0n) is 12.5. The lowest BCUT2D eigenvalue weighted by Gasteiger charge is -2.07. The van der Waals surface area contributed by atoms with Crippen LogP contribution in [0.3, 0.4) is 0 Å². The summed E-state index contributed by atoms with van der Waals surface area (Å²) >= 11 is 0. The van der Waals surface area contributed by atoms with E-state index in [1.54, 1.807) is 36.3 Å². The number of carbonyl (C=O) groups excluding carboxylic acids is 1. The van der Waals surface area contributed by atoms with Gasteiger partial charge in [0.25, 0.3) is 0 Å². The van der Waals surface area contributed by atoms with Gasteiger partial charge in [-0.1, -0.05) is 12.1 Å². The lowest BCUT2D eigenvalue weighted by molar-refractivity contribution is -0.115. The summed E-state index contributed by atoms with van der Waals surface area (Å²) in [4.78, 5) is 20.3. The Morgan fingerprint density at radius 3 is 2.96 bits per heavy atom. The van der Waals surface area contributed by atoms with E-state index in [4.69, 9.17) is 4.74 Å². The number of ether oxygens (including phenoxy) is 1. The molecule has 1 N–H and O–H groups in total. The molecule has 0 unspecified atom stereocenters. The minimum absolute atomic E-state index is 0.164. The van der Waals surface area contributed by atoms with E-state index in [2.05, 4.69) is 20.4 Å². The second-order valence-electron chi connectivity index (χ2n) is 4.79. The molecule has 0 bridgehead atoms. The highest BCUT2D eigenvalue weighted by Crippen LogP contribution is 2.14. The zero-order valence-corrected chi connectivity index (χ0v) is 12.5. The van der Waals surface area contributed by atoms with E-state index < -0.39 is 0 Å². The van der Waals surface area contributed by atoms with E-state index in [-0.39, 0.29) is 12.3 Å². The smallest absolute Gasteiger partial charge is 0.229 e.